The molecule has 2 aliphatic rings. The number of ether oxygens (including phenoxy) is 1. The summed E-state index contributed by atoms with van der Waals surface area (Å²) in [7, 11) is 0. The Morgan fingerprint density at radius 1 is 1.19 bits per heavy atom. The first-order valence-corrected chi connectivity index (χ1v) is 12.0. The zero-order valence-electron chi connectivity index (χ0n) is 20.4. The number of benzene rings is 1. The highest BCUT2D eigenvalue weighted by Gasteiger charge is 2.53. The van der Waals surface area contributed by atoms with Gasteiger partial charge in [-0.15, -0.1) is 0 Å². The first-order valence-electron chi connectivity index (χ1n) is 12.0. The molecule has 2 fully saturated rings. The number of alkyl halides is 1. The van der Waals surface area contributed by atoms with Crippen LogP contribution >= 0.6 is 0 Å². The van der Waals surface area contributed by atoms with E-state index >= 15 is 0 Å². The van der Waals surface area contributed by atoms with E-state index in [1.165, 1.54) is 17.3 Å². The summed E-state index contributed by atoms with van der Waals surface area (Å²) in [6.07, 6.45) is 7.05. The molecule has 186 valence electrons. The molecule has 36 heavy (non-hydrogen) atoms. The molecule has 2 aromatic heterocycles. The molecule has 0 bridgehead atoms. The summed E-state index contributed by atoms with van der Waals surface area (Å²) in [4.78, 5) is 27.4. The number of aromatic nitrogens is 3. The Hall–Kier alpha value is -3.64. The third kappa shape index (κ3) is 4.49. The maximum atomic E-state index is 14.7. The van der Waals surface area contributed by atoms with Gasteiger partial charge in [-0.25, -0.2) is 9.78 Å². The molecular formula is C27H28FN5O3. The number of pyridine rings is 1. The van der Waals surface area contributed by atoms with Gasteiger partial charge in [0.15, 0.2) is 5.82 Å². The summed E-state index contributed by atoms with van der Waals surface area (Å²) in [5, 5.41) is 20.2. The summed E-state index contributed by atoms with van der Waals surface area (Å²) >= 11 is 0. The number of nitriles is 1. The Kier molecular flexibility index (Phi) is 5.87. The molecule has 1 saturated carbocycles. The van der Waals surface area contributed by atoms with E-state index in [4.69, 9.17) is 4.74 Å². The van der Waals surface area contributed by atoms with E-state index < -0.39 is 29.4 Å². The summed E-state index contributed by atoms with van der Waals surface area (Å²) < 4.78 is 20.6. The van der Waals surface area contributed by atoms with Crippen LogP contribution in [-0.4, -0.2) is 45.0 Å². The number of halogens is 1. The van der Waals surface area contributed by atoms with Crippen LogP contribution in [0.5, 0.6) is 0 Å². The molecular weight excluding hydrogens is 461 g/mol. The van der Waals surface area contributed by atoms with Crippen LogP contribution in [0.25, 0.3) is 10.9 Å². The molecule has 1 N–H and O–H groups in total. The highest BCUT2D eigenvalue weighted by molar-refractivity contribution is 5.89. The third-order valence-electron chi connectivity index (χ3n) is 7.28. The Labute approximate surface area is 208 Å². The Balaban J connectivity index is 1.37. The average molecular weight is 490 g/mol. The molecule has 1 spiro atoms. The first-order chi connectivity index (χ1) is 17.1. The standard InChI is InChI=1S/C27H28FN5O3/c1-25(2,35)22-13-32-23(14-31-22)33-17-27(36-24(33)34)7-3-6-26(15-27,16-28)10-19-9-20-8-18(11-29)4-5-21(20)30-12-19/h4-5,8-9,12-14,35H,3,6-7,10,15-17H2,1-2H3/t26-,27-/m0/s1. The van der Waals surface area contributed by atoms with E-state index in [9.17, 15) is 19.6 Å². The van der Waals surface area contributed by atoms with Gasteiger partial charge in [0, 0.05) is 17.0 Å². The van der Waals surface area contributed by atoms with Crippen molar-refractivity contribution in [3.8, 4) is 6.07 Å². The summed E-state index contributed by atoms with van der Waals surface area (Å²) in [6, 6.07) is 9.43. The predicted octanol–water partition coefficient (Wildman–Crippen LogP) is 4.59. The summed E-state index contributed by atoms with van der Waals surface area (Å²) in [5.74, 6) is 0.341. The van der Waals surface area contributed by atoms with Crippen LogP contribution in [0, 0.1) is 16.7 Å². The second-order valence-electron chi connectivity index (χ2n) is 10.7. The smallest absolute Gasteiger partial charge is 0.416 e. The number of carbonyl (C=O) groups is 1. The second-order valence-corrected chi connectivity index (χ2v) is 10.7. The van der Waals surface area contributed by atoms with Crippen LogP contribution in [0.4, 0.5) is 15.0 Å². The molecule has 3 aromatic rings. The SMILES string of the molecule is CC(C)(O)c1cnc(N2C[C@@]3(CCC[C@](CF)(Cc4cnc5ccc(C#N)cc5c4)C3)OC2=O)cn1. The zero-order chi connectivity index (χ0) is 25.6. The maximum Gasteiger partial charge on any atom is 0.416 e. The highest BCUT2D eigenvalue weighted by Crippen LogP contribution is 2.48. The molecule has 9 heteroatoms. The van der Waals surface area contributed by atoms with E-state index in [0.29, 0.717) is 42.8 Å². The number of nitrogens with zero attached hydrogens (tertiary/aromatic N) is 5. The monoisotopic (exact) mass is 489 g/mol. The molecule has 0 radical (unpaired) electrons. The van der Waals surface area contributed by atoms with Gasteiger partial charge in [-0.3, -0.25) is 19.3 Å². The lowest BCUT2D eigenvalue weighted by atomic mass is 9.65. The number of rotatable bonds is 5. The Bertz CT molecular complexity index is 1350. The van der Waals surface area contributed by atoms with Crippen LogP contribution in [0.3, 0.4) is 0 Å². The molecule has 5 rings (SSSR count). The van der Waals surface area contributed by atoms with Crippen LogP contribution in [0.1, 0.15) is 56.4 Å². The van der Waals surface area contributed by atoms with Crippen LogP contribution in [0.2, 0.25) is 0 Å². The Morgan fingerprint density at radius 3 is 2.72 bits per heavy atom. The number of carbonyl (C=O) groups excluding carboxylic acids is 1. The molecule has 1 aromatic carbocycles. The van der Waals surface area contributed by atoms with Gasteiger partial charge in [0.1, 0.15) is 11.2 Å². The van der Waals surface area contributed by atoms with Gasteiger partial charge in [-0.05, 0) is 75.8 Å². The minimum absolute atomic E-state index is 0.269. The van der Waals surface area contributed by atoms with Crippen molar-refractivity contribution in [3.05, 3.63) is 59.7 Å². The van der Waals surface area contributed by atoms with E-state index in [2.05, 4.69) is 21.0 Å². The largest absolute Gasteiger partial charge is 0.441 e. The molecule has 1 amide bonds. The van der Waals surface area contributed by atoms with Crippen LogP contribution in [0.15, 0.2) is 42.9 Å². The van der Waals surface area contributed by atoms with Crippen molar-refractivity contribution < 1.29 is 19.0 Å². The van der Waals surface area contributed by atoms with E-state index in [-0.39, 0.29) is 6.54 Å². The summed E-state index contributed by atoms with van der Waals surface area (Å²) in [6.45, 7) is 2.96. The number of hydrogen-bond acceptors (Lipinski definition) is 7. The lowest BCUT2D eigenvalue weighted by molar-refractivity contribution is -0.0357. The zero-order valence-corrected chi connectivity index (χ0v) is 20.4. The summed E-state index contributed by atoms with van der Waals surface area (Å²) in [5.41, 5.74) is -0.0196. The van der Waals surface area contributed by atoms with Gasteiger partial charge >= 0.3 is 6.09 Å². The van der Waals surface area contributed by atoms with E-state index in [0.717, 1.165) is 22.9 Å². The van der Waals surface area contributed by atoms with Crippen molar-refractivity contribution in [3.63, 3.8) is 0 Å². The van der Waals surface area contributed by atoms with Crippen molar-refractivity contribution in [1.82, 2.24) is 15.0 Å². The first kappa shape index (κ1) is 24.1. The minimum Gasteiger partial charge on any atom is -0.441 e. The highest BCUT2D eigenvalue weighted by atomic mass is 19.1. The quantitative estimate of drug-likeness (QED) is 0.558. The second kappa shape index (κ2) is 8.79. The normalized spacial score (nSPS) is 24.2. The van der Waals surface area contributed by atoms with Crippen LogP contribution < -0.4 is 4.90 Å². The number of anilines is 1. The van der Waals surface area contributed by atoms with Gasteiger partial charge in [0.05, 0.1) is 48.5 Å². The number of fused-ring (bicyclic) bond motifs is 1. The maximum absolute atomic E-state index is 14.7. The molecule has 1 aliphatic heterocycles. The molecule has 3 heterocycles. The van der Waals surface area contributed by atoms with Gasteiger partial charge in [-0.1, -0.05) is 0 Å². The fraction of sp³-hybridized carbons (Fsp3) is 0.444. The van der Waals surface area contributed by atoms with Crippen molar-refractivity contribution in [2.75, 3.05) is 18.1 Å². The molecule has 8 nitrogen and oxygen atoms in total. The van der Waals surface area contributed by atoms with Gasteiger partial charge in [0.25, 0.3) is 0 Å². The topological polar surface area (TPSA) is 112 Å². The van der Waals surface area contributed by atoms with Crippen molar-refractivity contribution in [1.29, 1.82) is 5.26 Å². The van der Waals surface area contributed by atoms with Gasteiger partial charge in [0.2, 0.25) is 0 Å². The fourth-order valence-corrected chi connectivity index (χ4v) is 5.53. The van der Waals surface area contributed by atoms with Crippen molar-refractivity contribution in [2.24, 2.45) is 5.41 Å². The molecule has 1 aliphatic carbocycles. The molecule has 2 atom stereocenters. The molecule has 0 unspecified atom stereocenters. The average Bonchev–Trinajstić information content (AvgIpc) is 3.17. The predicted molar refractivity (Wildman–Crippen MR) is 131 cm³/mol. The number of amides is 1. The van der Waals surface area contributed by atoms with E-state index in [1.54, 1.807) is 32.2 Å². The van der Waals surface area contributed by atoms with E-state index in [1.807, 2.05) is 12.1 Å². The van der Waals surface area contributed by atoms with Crippen LogP contribution in [-0.2, 0) is 16.8 Å². The number of aliphatic hydroxyl groups is 1. The van der Waals surface area contributed by atoms with Crippen molar-refractivity contribution >= 4 is 22.8 Å². The van der Waals surface area contributed by atoms with Crippen molar-refractivity contribution in [2.45, 2.75) is 57.2 Å². The Morgan fingerprint density at radius 2 is 2.03 bits per heavy atom. The fourth-order valence-electron chi connectivity index (χ4n) is 5.53. The number of hydrogen-bond donors (Lipinski definition) is 1. The molecule has 1 saturated heterocycles. The third-order valence-corrected chi connectivity index (χ3v) is 7.28. The lowest BCUT2D eigenvalue weighted by Gasteiger charge is -2.43. The lowest BCUT2D eigenvalue weighted by Crippen LogP contribution is -2.46. The minimum atomic E-state index is -1.14. The van der Waals surface area contributed by atoms with Gasteiger partial charge in [-0.2, -0.15) is 5.26 Å². The van der Waals surface area contributed by atoms with Gasteiger partial charge < -0.3 is 9.84 Å².